The summed E-state index contributed by atoms with van der Waals surface area (Å²) in [5.41, 5.74) is -2.00. The van der Waals surface area contributed by atoms with Crippen LogP contribution in [0, 0.1) is 0 Å². The first kappa shape index (κ1) is 33.5. The molecule has 1 aliphatic rings. The lowest BCUT2D eigenvalue weighted by Gasteiger charge is -2.29. The number of halogens is 4. The van der Waals surface area contributed by atoms with E-state index in [1.807, 2.05) is 0 Å². The number of benzene rings is 2. The number of nitrogens with one attached hydrogen (secondary N) is 4. The molecule has 43 heavy (non-hydrogen) atoms. The zero-order valence-corrected chi connectivity index (χ0v) is 24.4. The Morgan fingerprint density at radius 1 is 1.16 bits per heavy atom. The number of hydrogen-bond acceptors (Lipinski definition) is 9. The van der Waals surface area contributed by atoms with Crippen LogP contribution in [0.3, 0.4) is 0 Å². The number of carbonyl (C=O) groups excluding carboxylic acids is 3. The van der Waals surface area contributed by atoms with Crippen molar-refractivity contribution in [1.29, 1.82) is 0 Å². The van der Waals surface area contributed by atoms with Crippen LogP contribution in [-0.2, 0) is 19.7 Å². The summed E-state index contributed by atoms with van der Waals surface area (Å²) in [5, 5.41) is 30.3. The Labute approximate surface area is 250 Å². The normalized spacial score (nSPS) is 15.9. The van der Waals surface area contributed by atoms with Crippen molar-refractivity contribution in [3.8, 4) is 5.75 Å². The molecule has 234 valence electrons. The molecular formula is C28H33ClF3N5O6. The van der Waals surface area contributed by atoms with E-state index in [4.69, 9.17) is 16.3 Å². The van der Waals surface area contributed by atoms with E-state index in [2.05, 4.69) is 26.3 Å². The molecule has 0 saturated heterocycles. The number of hydrogen-bond donors (Lipinski definition) is 6. The lowest BCUT2D eigenvalue weighted by Crippen LogP contribution is -2.42. The van der Waals surface area contributed by atoms with Crippen molar-refractivity contribution in [2.45, 2.75) is 50.9 Å². The highest BCUT2D eigenvalue weighted by molar-refractivity contribution is 6.30. The van der Waals surface area contributed by atoms with Crippen LogP contribution in [0.4, 0.5) is 18.9 Å². The lowest BCUT2D eigenvalue weighted by atomic mass is 9.82. The number of carbonyl (C=O) groups is 3. The molecule has 2 aromatic rings. The summed E-state index contributed by atoms with van der Waals surface area (Å²) in [6.45, 7) is 3.47. The van der Waals surface area contributed by atoms with Gasteiger partial charge >= 0.3 is 12.1 Å². The van der Waals surface area contributed by atoms with Gasteiger partial charge in [-0.25, -0.2) is 0 Å². The van der Waals surface area contributed by atoms with Crippen LogP contribution in [0.15, 0.2) is 41.4 Å². The molecule has 0 radical (unpaired) electrons. The van der Waals surface area contributed by atoms with Crippen molar-refractivity contribution >= 4 is 41.0 Å². The number of anilines is 1. The summed E-state index contributed by atoms with van der Waals surface area (Å²) < 4.78 is 46.2. The molecule has 3 rings (SSSR count). The maximum atomic E-state index is 13.7. The van der Waals surface area contributed by atoms with Crippen molar-refractivity contribution in [3.63, 3.8) is 0 Å². The topological polar surface area (TPSA) is 161 Å². The molecule has 2 amide bonds. The first-order valence-electron chi connectivity index (χ1n) is 13.3. The van der Waals surface area contributed by atoms with Gasteiger partial charge in [0.2, 0.25) is 5.91 Å². The summed E-state index contributed by atoms with van der Waals surface area (Å²) in [6, 6.07) is 6.53. The van der Waals surface area contributed by atoms with E-state index < -0.39 is 54.5 Å². The zero-order valence-electron chi connectivity index (χ0n) is 23.6. The Morgan fingerprint density at radius 2 is 1.88 bits per heavy atom. The fraction of sp³-hybridized carbons (Fsp3) is 0.429. The van der Waals surface area contributed by atoms with Crippen molar-refractivity contribution in [3.05, 3.63) is 58.1 Å². The SMILES string of the molecule is CCOC(=O)C[C@H](NC(=O)CNC(=O)c1cc(O)cc(NC2=NCC(O)CN2)c1)c1cc(Cl)cc(C(C)(C)C(F)(F)F)c1. The van der Waals surface area contributed by atoms with Crippen molar-refractivity contribution in [2.75, 3.05) is 31.6 Å². The highest BCUT2D eigenvalue weighted by Gasteiger charge is 2.48. The van der Waals surface area contributed by atoms with Crippen LogP contribution >= 0.6 is 11.6 Å². The minimum absolute atomic E-state index is 0.00341. The molecule has 2 atom stereocenters. The van der Waals surface area contributed by atoms with Crippen LogP contribution < -0.4 is 21.3 Å². The molecule has 2 aromatic carbocycles. The minimum atomic E-state index is -4.61. The number of guanidine groups is 1. The van der Waals surface area contributed by atoms with Gasteiger partial charge in [0.15, 0.2) is 5.96 Å². The van der Waals surface area contributed by atoms with Gasteiger partial charge in [0.25, 0.3) is 5.91 Å². The Morgan fingerprint density at radius 3 is 2.51 bits per heavy atom. The summed E-state index contributed by atoms with van der Waals surface area (Å²) in [5.74, 6) is -2.10. The van der Waals surface area contributed by atoms with Crippen LogP contribution in [0.2, 0.25) is 5.02 Å². The van der Waals surface area contributed by atoms with E-state index in [0.717, 1.165) is 13.8 Å². The Bertz CT molecular complexity index is 1390. The van der Waals surface area contributed by atoms with Crippen LogP contribution in [0.1, 0.15) is 54.7 Å². The summed E-state index contributed by atoms with van der Waals surface area (Å²) >= 11 is 6.15. The zero-order chi connectivity index (χ0) is 31.9. The molecule has 6 N–H and O–H groups in total. The van der Waals surface area contributed by atoms with Crippen molar-refractivity contribution in [2.24, 2.45) is 4.99 Å². The highest BCUT2D eigenvalue weighted by atomic mass is 35.5. The van der Waals surface area contributed by atoms with Gasteiger partial charge in [-0.1, -0.05) is 17.7 Å². The largest absolute Gasteiger partial charge is 0.508 e. The summed E-state index contributed by atoms with van der Waals surface area (Å²) in [7, 11) is 0. The maximum Gasteiger partial charge on any atom is 0.397 e. The van der Waals surface area contributed by atoms with Gasteiger partial charge in [-0.3, -0.25) is 19.4 Å². The molecule has 1 aliphatic heterocycles. The molecule has 0 bridgehead atoms. The second kappa shape index (κ2) is 14.0. The quantitative estimate of drug-likeness (QED) is 0.219. The molecule has 15 heteroatoms. The van der Waals surface area contributed by atoms with Crippen LogP contribution in [0.25, 0.3) is 0 Å². The number of nitrogens with zero attached hydrogens (tertiary/aromatic N) is 1. The van der Waals surface area contributed by atoms with E-state index in [-0.39, 0.29) is 47.2 Å². The molecular weight excluding hydrogens is 595 g/mol. The number of ether oxygens (including phenoxy) is 1. The third-order valence-electron chi connectivity index (χ3n) is 6.58. The molecule has 0 saturated carbocycles. The molecule has 0 spiro atoms. The van der Waals surface area contributed by atoms with Gasteiger partial charge in [0.05, 0.1) is 43.7 Å². The van der Waals surface area contributed by atoms with Crippen LogP contribution in [-0.4, -0.2) is 72.5 Å². The Kier molecular flexibility index (Phi) is 10.9. The average molecular weight is 628 g/mol. The number of β-amino-alcohol motifs (C(OH)–C–C–N with tert-alkyl or cyclic N) is 1. The molecule has 0 fully saturated rings. The smallest absolute Gasteiger partial charge is 0.397 e. The summed E-state index contributed by atoms with van der Waals surface area (Å²) in [4.78, 5) is 42.0. The highest BCUT2D eigenvalue weighted by Crippen LogP contribution is 2.42. The standard InChI is InChI=1S/C28H33ClF3N5O6/c1-4-43-24(41)11-22(15-5-17(9-18(29)6-15)27(2,3)28(30,31)32)37-23(40)14-33-25(42)16-7-19(10-20(38)8-16)36-26-34-12-21(39)13-35-26/h5-10,21-22,38-39H,4,11-14H2,1-3H3,(H,33,42)(H,37,40)(H2,34,35,36)/t22-/m0/s1. The van der Waals surface area contributed by atoms with E-state index in [9.17, 15) is 37.8 Å². The second-order valence-corrected chi connectivity index (χ2v) is 10.8. The number of phenolic OH excluding ortho intramolecular Hbond substituents is 1. The minimum Gasteiger partial charge on any atom is -0.508 e. The van der Waals surface area contributed by atoms with Gasteiger partial charge in [-0.2, -0.15) is 13.2 Å². The number of rotatable bonds is 10. The molecule has 0 aliphatic carbocycles. The molecule has 11 nitrogen and oxygen atoms in total. The fourth-order valence-electron chi connectivity index (χ4n) is 4.05. The number of aliphatic hydroxyl groups excluding tert-OH is 1. The third-order valence-corrected chi connectivity index (χ3v) is 6.80. The number of esters is 1. The Balaban J connectivity index is 1.75. The maximum absolute atomic E-state index is 13.7. The number of amides is 2. The van der Waals surface area contributed by atoms with Gasteiger partial charge in [0, 0.05) is 28.9 Å². The third kappa shape index (κ3) is 9.22. The molecule has 1 heterocycles. The van der Waals surface area contributed by atoms with Gasteiger partial charge < -0.3 is 36.2 Å². The van der Waals surface area contributed by atoms with E-state index in [0.29, 0.717) is 11.6 Å². The van der Waals surface area contributed by atoms with Crippen molar-refractivity contribution < 1.29 is 42.5 Å². The fourth-order valence-corrected chi connectivity index (χ4v) is 4.29. The number of phenols is 1. The van der Waals surface area contributed by atoms with Crippen LogP contribution in [0.5, 0.6) is 5.75 Å². The van der Waals surface area contributed by atoms with Gasteiger partial charge in [-0.05, 0) is 56.2 Å². The van der Waals surface area contributed by atoms with E-state index >= 15 is 0 Å². The average Bonchev–Trinajstić information content (AvgIpc) is 2.91. The number of alkyl halides is 3. The predicted molar refractivity (Wildman–Crippen MR) is 153 cm³/mol. The monoisotopic (exact) mass is 627 g/mol. The van der Waals surface area contributed by atoms with E-state index in [1.54, 1.807) is 6.92 Å². The lowest BCUT2D eigenvalue weighted by molar-refractivity contribution is -0.180. The summed E-state index contributed by atoms with van der Waals surface area (Å²) in [6.07, 6.45) is -5.65. The predicted octanol–water partition coefficient (Wildman–Crippen LogP) is 3.16. The Hall–Kier alpha value is -4.04. The molecule has 1 unspecified atom stereocenters. The molecule has 0 aromatic heterocycles. The number of aliphatic hydroxyl groups is 1. The van der Waals surface area contributed by atoms with E-state index in [1.165, 1.54) is 36.4 Å². The van der Waals surface area contributed by atoms with Gasteiger partial charge in [-0.15, -0.1) is 0 Å². The first-order chi connectivity index (χ1) is 20.1. The number of aliphatic imine (C=N–C) groups is 1. The van der Waals surface area contributed by atoms with Gasteiger partial charge in [0.1, 0.15) is 5.75 Å². The first-order valence-corrected chi connectivity index (χ1v) is 13.6. The second-order valence-electron chi connectivity index (χ2n) is 10.3. The number of aromatic hydroxyl groups is 1. The van der Waals surface area contributed by atoms with Crippen molar-refractivity contribution in [1.82, 2.24) is 16.0 Å².